The predicted molar refractivity (Wildman–Crippen MR) is 83.9 cm³/mol. The fourth-order valence-electron chi connectivity index (χ4n) is 2.28. The molecule has 0 bridgehead atoms. The number of hydrogen-bond donors (Lipinski definition) is 2. The third-order valence-electron chi connectivity index (χ3n) is 3.45. The number of imidazole rings is 1. The van der Waals surface area contributed by atoms with Crippen molar-refractivity contribution in [2.45, 2.75) is 32.6 Å². The molecule has 1 aromatic carbocycles. The van der Waals surface area contributed by atoms with E-state index in [4.69, 9.17) is 0 Å². The van der Waals surface area contributed by atoms with E-state index in [-0.39, 0.29) is 11.8 Å². The van der Waals surface area contributed by atoms with Gasteiger partial charge in [0.25, 0.3) is 0 Å². The Labute approximate surface area is 126 Å². The van der Waals surface area contributed by atoms with Crippen LogP contribution in [0, 0.1) is 5.92 Å². The van der Waals surface area contributed by atoms with Crippen LogP contribution in [0.15, 0.2) is 42.9 Å². The molecule has 21 heavy (non-hydrogen) atoms. The van der Waals surface area contributed by atoms with Gasteiger partial charge in [0.2, 0.25) is 5.91 Å². The first kappa shape index (κ1) is 15.3. The molecule has 1 unspecified atom stereocenters. The summed E-state index contributed by atoms with van der Waals surface area (Å²) >= 11 is 0. The second-order valence-electron chi connectivity index (χ2n) is 5.70. The van der Waals surface area contributed by atoms with Crippen molar-refractivity contribution < 1.29 is 4.79 Å². The summed E-state index contributed by atoms with van der Waals surface area (Å²) in [6, 6.07) is 9.97. The van der Waals surface area contributed by atoms with E-state index >= 15 is 0 Å². The van der Waals surface area contributed by atoms with Crippen LogP contribution >= 0.6 is 0 Å². The van der Waals surface area contributed by atoms with E-state index in [1.165, 1.54) is 0 Å². The summed E-state index contributed by atoms with van der Waals surface area (Å²) in [6.45, 7) is 4.91. The Bertz CT molecular complexity index is 534. The molecule has 0 aliphatic rings. The second kappa shape index (κ2) is 7.62. The molecule has 2 aromatic rings. The predicted octanol–water partition coefficient (Wildman–Crippen LogP) is 2.90. The van der Waals surface area contributed by atoms with Crippen molar-refractivity contribution in [1.82, 2.24) is 15.3 Å². The van der Waals surface area contributed by atoms with Crippen LogP contribution in [-0.4, -0.2) is 22.4 Å². The molecule has 2 N–H and O–H groups in total. The molecule has 4 heteroatoms. The lowest BCUT2D eigenvalue weighted by molar-refractivity contribution is -0.122. The van der Waals surface area contributed by atoms with Crippen LogP contribution in [0.5, 0.6) is 0 Å². The first-order chi connectivity index (χ1) is 10.2. The SMILES string of the molecule is CC(C)CNC(=O)C(CCc1c[nH]cn1)c1ccccc1. The van der Waals surface area contributed by atoms with Gasteiger partial charge < -0.3 is 10.3 Å². The molecule has 0 saturated carbocycles. The number of hydrogen-bond acceptors (Lipinski definition) is 2. The van der Waals surface area contributed by atoms with E-state index in [1.54, 1.807) is 6.33 Å². The topological polar surface area (TPSA) is 57.8 Å². The van der Waals surface area contributed by atoms with Crippen LogP contribution < -0.4 is 5.32 Å². The van der Waals surface area contributed by atoms with Gasteiger partial charge in [-0.3, -0.25) is 4.79 Å². The van der Waals surface area contributed by atoms with Gasteiger partial charge in [-0.05, 0) is 24.3 Å². The van der Waals surface area contributed by atoms with Gasteiger partial charge in [0.05, 0.1) is 17.9 Å². The third kappa shape index (κ3) is 4.74. The highest BCUT2D eigenvalue weighted by molar-refractivity contribution is 5.83. The standard InChI is InChI=1S/C17H23N3O/c1-13(2)10-19-17(21)16(14-6-4-3-5-7-14)9-8-15-11-18-12-20-15/h3-7,11-13,16H,8-10H2,1-2H3,(H,18,20)(H,19,21). The molecule has 0 spiro atoms. The van der Waals surface area contributed by atoms with Gasteiger partial charge in [-0.25, -0.2) is 4.98 Å². The Morgan fingerprint density at radius 1 is 1.29 bits per heavy atom. The summed E-state index contributed by atoms with van der Waals surface area (Å²) in [4.78, 5) is 19.6. The summed E-state index contributed by atoms with van der Waals surface area (Å²) in [7, 11) is 0. The molecule has 0 saturated heterocycles. The molecular weight excluding hydrogens is 262 g/mol. The summed E-state index contributed by atoms with van der Waals surface area (Å²) < 4.78 is 0. The third-order valence-corrected chi connectivity index (χ3v) is 3.45. The molecule has 112 valence electrons. The number of aromatic amines is 1. The highest BCUT2D eigenvalue weighted by atomic mass is 16.1. The zero-order chi connectivity index (χ0) is 15.1. The van der Waals surface area contributed by atoms with Crippen molar-refractivity contribution in [3.8, 4) is 0 Å². The fraction of sp³-hybridized carbons (Fsp3) is 0.412. The molecule has 2 rings (SSSR count). The number of benzene rings is 1. The summed E-state index contributed by atoms with van der Waals surface area (Å²) in [6.07, 6.45) is 5.11. The van der Waals surface area contributed by atoms with Crippen LogP contribution in [0.4, 0.5) is 0 Å². The molecule has 0 fully saturated rings. The number of carbonyl (C=O) groups excluding carboxylic acids is 1. The molecular formula is C17H23N3O. The molecule has 4 nitrogen and oxygen atoms in total. The average molecular weight is 285 g/mol. The smallest absolute Gasteiger partial charge is 0.227 e. The largest absolute Gasteiger partial charge is 0.355 e. The molecule has 1 atom stereocenters. The maximum Gasteiger partial charge on any atom is 0.227 e. The Balaban J connectivity index is 2.04. The lowest BCUT2D eigenvalue weighted by Crippen LogP contribution is -2.32. The van der Waals surface area contributed by atoms with Crippen molar-refractivity contribution >= 4 is 5.91 Å². The molecule has 1 heterocycles. The normalized spacial score (nSPS) is 12.3. The van der Waals surface area contributed by atoms with Gasteiger partial charge in [0.1, 0.15) is 0 Å². The van der Waals surface area contributed by atoms with E-state index in [0.717, 1.165) is 24.1 Å². The zero-order valence-electron chi connectivity index (χ0n) is 12.7. The number of aryl methyl sites for hydroxylation is 1. The minimum atomic E-state index is -0.123. The Hall–Kier alpha value is -2.10. The van der Waals surface area contributed by atoms with Gasteiger partial charge in [-0.2, -0.15) is 0 Å². The number of nitrogens with one attached hydrogen (secondary N) is 2. The first-order valence-corrected chi connectivity index (χ1v) is 7.47. The highest BCUT2D eigenvalue weighted by Gasteiger charge is 2.20. The van der Waals surface area contributed by atoms with E-state index < -0.39 is 0 Å². The summed E-state index contributed by atoms with van der Waals surface area (Å²) in [5, 5.41) is 3.04. The average Bonchev–Trinajstić information content (AvgIpc) is 3.00. The maximum absolute atomic E-state index is 12.5. The van der Waals surface area contributed by atoms with E-state index in [1.807, 2.05) is 36.5 Å². The lowest BCUT2D eigenvalue weighted by Gasteiger charge is -2.18. The number of carbonyl (C=O) groups is 1. The minimum absolute atomic E-state index is 0.102. The number of H-pyrrole nitrogens is 1. The summed E-state index contributed by atoms with van der Waals surface area (Å²) in [5.74, 6) is 0.434. The molecule has 1 amide bonds. The van der Waals surface area contributed by atoms with E-state index in [0.29, 0.717) is 12.5 Å². The maximum atomic E-state index is 12.5. The molecule has 0 aliphatic heterocycles. The minimum Gasteiger partial charge on any atom is -0.355 e. The lowest BCUT2D eigenvalue weighted by atomic mass is 9.92. The van der Waals surface area contributed by atoms with Gasteiger partial charge in [-0.1, -0.05) is 44.2 Å². The number of rotatable bonds is 7. The highest BCUT2D eigenvalue weighted by Crippen LogP contribution is 2.21. The monoisotopic (exact) mass is 285 g/mol. The van der Waals surface area contributed by atoms with Crippen LogP contribution in [0.1, 0.15) is 37.4 Å². The van der Waals surface area contributed by atoms with E-state index in [2.05, 4.69) is 29.1 Å². The first-order valence-electron chi connectivity index (χ1n) is 7.47. The summed E-state index contributed by atoms with van der Waals surface area (Å²) in [5.41, 5.74) is 2.06. The van der Waals surface area contributed by atoms with Crippen molar-refractivity contribution in [3.05, 3.63) is 54.1 Å². The second-order valence-corrected chi connectivity index (χ2v) is 5.70. The Morgan fingerprint density at radius 3 is 2.67 bits per heavy atom. The Morgan fingerprint density at radius 2 is 2.05 bits per heavy atom. The van der Waals surface area contributed by atoms with Crippen molar-refractivity contribution in [2.75, 3.05) is 6.54 Å². The molecule has 0 radical (unpaired) electrons. The molecule has 0 aliphatic carbocycles. The van der Waals surface area contributed by atoms with Crippen LogP contribution in [0.2, 0.25) is 0 Å². The van der Waals surface area contributed by atoms with Crippen molar-refractivity contribution in [3.63, 3.8) is 0 Å². The van der Waals surface area contributed by atoms with Gasteiger partial charge >= 0.3 is 0 Å². The van der Waals surface area contributed by atoms with Gasteiger partial charge in [0.15, 0.2) is 0 Å². The van der Waals surface area contributed by atoms with Crippen LogP contribution in [0.25, 0.3) is 0 Å². The van der Waals surface area contributed by atoms with E-state index in [9.17, 15) is 4.79 Å². The van der Waals surface area contributed by atoms with Gasteiger partial charge in [0, 0.05) is 12.7 Å². The van der Waals surface area contributed by atoms with Crippen molar-refractivity contribution in [1.29, 1.82) is 0 Å². The quantitative estimate of drug-likeness (QED) is 0.822. The Kier molecular flexibility index (Phi) is 5.55. The van der Waals surface area contributed by atoms with Crippen molar-refractivity contribution in [2.24, 2.45) is 5.92 Å². The fourth-order valence-corrected chi connectivity index (χ4v) is 2.28. The number of aromatic nitrogens is 2. The van der Waals surface area contributed by atoms with Crippen LogP contribution in [-0.2, 0) is 11.2 Å². The molecule has 1 aromatic heterocycles. The van der Waals surface area contributed by atoms with Crippen LogP contribution in [0.3, 0.4) is 0 Å². The zero-order valence-corrected chi connectivity index (χ0v) is 12.7. The number of amides is 1. The number of nitrogens with zero attached hydrogens (tertiary/aromatic N) is 1. The van der Waals surface area contributed by atoms with Gasteiger partial charge in [-0.15, -0.1) is 0 Å².